The highest BCUT2D eigenvalue weighted by molar-refractivity contribution is 5.90. The second-order valence-electron chi connectivity index (χ2n) is 14.2. The normalized spacial score (nSPS) is 27.8. The standard InChI is InChI=1S/C37H66O8/c1-3-4-5-6-7-8-12-15-18-31(39)35-23-24-36(45-35)33(41)21-20-32(40)34-22-19-30(44-34)17-14-11-9-10-13-16-29(38)26-28-25-27(2)43-37(28)42/h25,27,29-36,38-41H,3-24,26H2,1-2H3/t27-,29+,30-,31+,32-,33-,34-,35-,36-/m1/s1. The Morgan fingerprint density at radius 1 is 0.667 bits per heavy atom. The highest BCUT2D eigenvalue weighted by Crippen LogP contribution is 2.31. The molecule has 0 aromatic carbocycles. The van der Waals surface area contributed by atoms with E-state index in [1.807, 2.05) is 6.92 Å². The molecule has 0 saturated carbocycles. The van der Waals surface area contributed by atoms with Crippen LogP contribution >= 0.6 is 0 Å². The van der Waals surface area contributed by atoms with Crippen LogP contribution in [-0.4, -0.2) is 81.3 Å². The van der Waals surface area contributed by atoms with Crippen molar-refractivity contribution in [2.75, 3.05) is 0 Å². The lowest BCUT2D eigenvalue weighted by Crippen LogP contribution is -2.33. The summed E-state index contributed by atoms with van der Waals surface area (Å²) in [6.07, 6.45) is 21.6. The number of aliphatic hydroxyl groups excluding tert-OH is 4. The molecule has 0 radical (unpaired) electrons. The van der Waals surface area contributed by atoms with Gasteiger partial charge >= 0.3 is 5.97 Å². The van der Waals surface area contributed by atoms with Gasteiger partial charge in [-0.2, -0.15) is 0 Å². The molecule has 2 saturated heterocycles. The van der Waals surface area contributed by atoms with Crippen molar-refractivity contribution in [1.29, 1.82) is 0 Å². The maximum absolute atomic E-state index is 11.7. The van der Waals surface area contributed by atoms with E-state index in [-0.39, 0.29) is 36.5 Å². The molecule has 45 heavy (non-hydrogen) atoms. The van der Waals surface area contributed by atoms with Crippen LogP contribution in [-0.2, 0) is 19.0 Å². The van der Waals surface area contributed by atoms with Gasteiger partial charge in [-0.05, 0) is 70.8 Å². The molecule has 0 aromatic heterocycles. The van der Waals surface area contributed by atoms with Crippen molar-refractivity contribution in [1.82, 2.24) is 0 Å². The van der Waals surface area contributed by atoms with E-state index in [0.717, 1.165) is 83.5 Å². The maximum atomic E-state index is 11.7. The van der Waals surface area contributed by atoms with Crippen molar-refractivity contribution in [3.05, 3.63) is 11.6 Å². The molecule has 3 aliphatic rings. The summed E-state index contributed by atoms with van der Waals surface area (Å²) in [7, 11) is 0. The molecule has 3 heterocycles. The van der Waals surface area contributed by atoms with E-state index in [9.17, 15) is 25.2 Å². The molecule has 0 spiro atoms. The molecular formula is C37H66O8. The van der Waals surface area contributed by atoms with Gasteiger partial charge in [0.25, 0.3) is 0 Å². The van der Waals surface area contributed by atoms with Crippen LogP contribution in [0.25, 0.3) is 0 Å². The van der Waals surface area contributed by atoms with E-state index >= 15 is 0 Å². The van der Waals surface area contributed by atoms with Gasteiger partial charge in [0.05, 0.1) is 48.8 Å². The van der Waals surface area contributed by atoms with Crippen molar-refractivity contribution in [3.8, 4) is 0 Å². The van der Waals surface area contributed by atoms with Gasteiger partial charge in [0.1, 0.15) is 6.10 Å². The van der Waals surface area contributed by atoms with Gasteiger partial charge in [-0.1, -0.05) is 90.4 Å². The lowest BCUT2D eigenvalue weighted by molar-refractivity contribution is -0.139. The van der Waals surface area contributed by atoms with Gasteiger partial charge in [-0.25, -0.2) is 4.79 Å². The number of carbonyl (C=O) groups is 1. The fourth-order valence-corrected chi connectivity index (χ4v) is 7.29. The topological polar surface area (TPSA) is 126 Å². The average molecular weight is 639 g/mol. The smallest absolute Gasteiger partial charge is 0.334 e. The summed E-state index contributed by atoms with van der Waals surface area (Å²) in [5, 5.41) is 42.4. The third-order valence-electron chi connectivity index (χ3n) is 10.1. The third-order valence-corrected chi connectivity index (χ3v) is 10.1. The quantitative estimate of drug-likeness (QED) is 0.0634. The number of hydrogen-bond donors (Lipinski definition) is 4. The summed E-state index contributed by atoms with van der Waals surface area (Å²) in [6, 6.07) is 0. The summed E-state index contributed by atoms with van der Waals surface area (Å²) >= 11 is 0. The Morgan fingerprint density at radius 2 is 1.18 bits per heavy atom. The first-order valence-electron chi connectivity index (χ1n) is 18.7. The van der Waals surface area contributed by atoms with Gasteiger partial charge < -0.3 is 34.6 Å². The monoisotopic (exact) mass is 638 g/mol. The zero-order valence-electron chi connectivity index (χ0n) is 28.5. The highest BCUT2D eigenvalue weighted by atomic mass is 16.5. The number of rotatable bonds is 25. The maximum Gasteiger partial charge on any atom is 0.334 e. The second kappa shape index (κ2) is 21.8. The van der Waals surface area contributed by atoms with Crippen LogP contribution in [0.1, 0.15) is 162 Å². The summed E-state index contributed by atoms with van der Waals surface area (Å²) in [5.41, 5.74) is 0.600. The van der Waals surface area contributed by atoms with Crippen LogP contribution in [0.5, 0.6) is 0 Å². The third kappa shape index (κ3) is 14.7. The van der Waals surface area contributed by atoms with Crippen LogP contribution in [0.4, 0.5) is 0 Å². The van der Waals surface area contributed by atoms with Crippen molar-refractivity contribution in [2.45, 2.75) is 216 Å². The Labute approximate surface area is 273 Å². The molecular weight excluding hydrogens is 572 g/mol. The van der Waals surface area contributed by atoms with Crippen molar-refractivity contribution >= 4 is 5.97 Å². The lowest BCUT2D eigenvalue weighted by atomic mass is 9.98. The molecule has 262 valence electrons. The predicted molar refractivity (Wildman–Crippen MR) is 177 cm³/mol. The molecule has 0 aromatic rings. The van der Waals surface area contributed by atoms with Gasteiger partial charge in [0.15, 0.2) is 0 Å². The molecule has 2 fully saturated rings. The number of ether oxygens (including phenoxy) is 3. The molecule has 3 aliphatic heterocycles. The predicted octanol–water partition coefficient (Wildman–Crippen LogP) is 6.83. The lowest BCUT2D eigenvalue weighted by Gasteiger charge is -2.24. The van der Waals surface area contributed by atoms with E-state index in [0.29, 0.717) is 31.3 Å². The van der Waals surface area contributed by atoms with Gasteiger partial charge in [-0.15, -0.1) is 0 Å². The van der Waals surface area contributed by atoms with Gasteiger partial charge in [-0.3, -0.25) is 0 Å². The van der Waals surface area contributed by atoms with E-state index in [2.05, 4.69) is 6.92 Å². The molecule has 8 heteroatoms. The first kappa shape index (κ1) is 38.4. The molecule has 9 atom stereocenters. The Kier molecular flexibility index (Phi) is 18.6. The summed E-state index contributed by atoms with van der Waals surface area (Å²) < 4.78 is 17.3. The Hall–Kier alpha value is -1.03. The Morgan fingerprint density at radius 3 is 1.78 bits per heavy atom. The van der Waals surface area contributed by atoms with Crippen LogP contribution in [0.2, 0.25) is 0 Å². The van der Waals surface area contributed by atoms with Gasteiger partial charge in [0, 0.05) is 12.0 Å². The second-order valence-corrected chi connectivity index (χ2v) is 14.2. The first-order chi connectivity index (χ1) is 21.8. The van der Waals surface area contributed by atoms with Gasteiger partial charge in [0.2, 0.25) is 0 Å². The van der Waals surface area contributed by atoms with Crippen molar-refractivity contribution in [3.63, 3.8) is 0 Å². The number of esters is 1. The fraction of sp³-hybridized carbons (Fsp3) is 0.919. The Bertz CT molecular complexity index is 833. The van der Waals surface area contributed by atoms with Crippen LogP contribution in [0.3, 0.4) is 0 Å². The number of hydrogen-bond acceptors (Lipinski definition) is 8. The minimum Gasteiger partial charge on any atom is -0.455 e. The van der Waals surface area contributed by atoms with E-state index in [4.69, 9.17) is 14.2 Å². The van der Waals surface area contributed by atoms with Crippen molar-refractivity contribution < 1.29 is 39.4 Å². The van der Waals surface area contributed by atoms with E-state index in [1.165, 1.54) is 38.5 Å². The zero-order chi connectivity index (χ0) is 32.4. The molecule has 0 bridgehead atoms. The number of unbranched alkanes of at least 4 members (excludes halogenated alkanes) is 11. The van der Waals surface area contributed by atoms with Crippen molar-refractivity contribution in [2.24, 2.45) is 0 Å². The molecule has 4 N–H and O–H groups in total. The number of aliphatic hydroxyl groups is 4. The van der Waals surface area contributed by atoms with E-state index in [1.54, 1.807) is 6.08 Å². The number of carbonyl (C=O) groups excluding carboxylic acids is 1. The Balaban J connectivity index is 1.16. The van der Waals surface area contributed by atoms with Crippen LogP contribution in [0.15, 0.2) is 11.6 Å². The summed E-state index contributed by atoms with van der Waals surface area (Å²) in [5.74, 6) is -0.295. The fourth-order valence-electron chi connectivity index (χ4n) is 7.29. The molecule has 0 amide bonds. The summed E-state index contributed by atoms with van der Waals surface area (Å²) in [4.78, 5) is 11.7. The largest absolute Gasteiger partial charge is 0.455 e. The minimum absolute atomic E-state index is 0.162. The zero-order valence-corrected chi connectivity index (χ0v) is 28.5. The minimum atomic E-state index is -0.627. The average Bonchev–Trinajstić information content (AvgIpc) is 3.77. The van der Waals surface area contributed by atoms with Crippen LogP contribution in [0, 0.1) is 0 Å². The molecule has 8 nitrogen and oxygen atoms in total. The SMILES string of the molecule is CCCCCCCCCC[C@H](O)[C@H]1CC[C@H]([C@H](O)CC[C@@H](O)[C@H]2CC[C@@H](CCCCCCC[C@H](O)CC3=C[C@@H](C)OC3=O)O2)O1. The van der Waals surface area contributed by atoms with Crippen LogP contribution < -0.4 is 0 Å². The number of cyclic esters (lactones) is 1. The molecule has 0 aliphatic carbocycles. The highest BCUT2D eigenvalue weighted by Gasteiger charge is 2.36. The molecule has 0 unspecified atom stereocenters. The van der Waals surface area contributed by atoms with E-state index < -0.39 is 24.4 Å². The first-order valence-corrected chi connectivity index (χ1v) is 18.7. The summed E-state index contributed by atoms with van der Waals surface area (Å²) in [6.45, 7) is 4.07. The molecule has 3 rings (SSSR count).